The fourth-order valence-electron chi connectivity index (χ4n) is 3.32. The number of rotatable bonds is 7. The van der Waals surface area contributed by atoms with Crippen molar-refractivity contribution >= 4 is 11.0 Å². The van der Waals surface area contributed by atoms with Gasteiger partial charge in [-0.05, 0) is 56.7 Å². The van der Waals surface area contributed by atoms with Crippen LogP contribution in [0, 0.1) is 12.7 Å². The SMILES string of the molecule is CCN(CC)CCCn1c(-c2cccc(C)c2F)nc2ccccc21. The largest absolute Gasteiger partial charge is 0.324 e. The highest BCUT2D eigenvalue weighted by Gasteiger charge is 2.16. The standard InChI is InChI=1S/C21H26FN3/c1-4-24(5-2)14-9-15-25-19-13-7-6-12-18(19)23-21(25)17-11-8-10-16(3)20(17)22/h6-8,10-13H,4-5,9,14-15H2,1-3H3. The quantitative estimate of drug-likeness (QED) is 0.611. The van der Waals surface area contributed by atoms with Crippen LogP contribution in [0.3, 0.4) is 0 Å². The number of hydrogen-bond donors (Lipinski definition) is 0. The average Bonchev–Trinajstić information content (AvgIpc) is 2.99. The number of imidazole rings is 1. The molecule has 0 saturated carbocycles. The number of nitrogens with zero attached hydrogens (tertiary/aromatic N) is 3. The maximum Gasteiger partial charge on any atom is 0.144 e. The van der Waals surface area contributed by atoms with Crippen molar-refractivity contribution in [3.05, 3.63) is 53.8 Å². The monoisotopic (exact) mass is 339 g/mol. The van der Waals surface area contributed by atoms with Crippen molar-refractivity contribution in [2.45, 2.75) is 33.7 Å². The van der Waals surface area contributed by atoms with Gasteiger partial charge < -0.3 is 9.47 Å². The molecule has 0 fully saturated rings. The van der Waals surface area contributed by atoms with E-state index in [4.69, 9.17) is 4.98 Å². The van der Waals surface area contributed by atoms with Crippen molar-refractivity contribution in [1.82, 2.24) is 14.5 Å². The minimum absolute atomic E-state index is 0.178. The molecule has 3 nitrogen and oxygen atoms in total. The Morgan fingerprint density at radius 2 is 1.80 bits per heavy atom. The van der Waals surface area contributed by atoms with Crippen LogP contribution in [0.2, 0.25) is 0 Å². The lowest BCUT2D eigenvalue weighted by Crippen LogP contribution is -2.24. The van der Waals surface area contributed by atoms with E-state index in [0.717, 1.165) is 49.5 Å². The first-order valence-corrected chi connectivity index (χ1v) is 9.08. The second-order valence-corrected chi connectivity index (χ2v) is 6.39. The molecule has 0 atom stereocenters. The molecular formula is C21H26FN3. The van der Waals surface area contributed by atoms with E-state index in [1.54, 1.807) is 13.0 Å². The van der Waals surface area contributed by atoms with Crippen molar-refractivity contribution in [3.63, 3.8) is 0 Å². The van der Waals surface area contributed by atoms with Gasteiger partial charge in [0.05, 0.1) is 16.6 Å². The summed E-state index contributed by atoms with van der Waals surface area (Å²) in [5.74, 6) is 0.546. The van der Waals surface area contributed by atoms with Gasteiger partial charge in [-0.25, -0.2) is 9.37 Å². The van der Waals surface area contributed by atoms with Crippen molar-refractivity contribution in [1.29, 1.82) is 0 Å². The summed E-state index contributed by atoms with van der Waals surface area (Å²) >= 11 is 0. The van der Waals surface area contributed by atoms with Crippen LogP contribution >= 0.6 is 0 Å². The molecule has 0 unspecified atom stereocenters. The Bertz CT molecular complexity index is 849. The predicted molar refractivity (Wildman–Crippen MR) is 102 cm³/mol. The van der Waals surface area contributed by atoms with Crippen LogP contribution < -0.4 is 0 Å². The summed E-state index contributed by atoms with van der Waals surface area (Å²) in [5.41, 5.74) is 3.22. The topological polar surface area (TPSA) is 21.1 Å². The van der Waals surface area contributed by atoms with Crippen LogP contribution in [0.5, 0.6) is 0 Å². The van der Waals surface area contributed by atoms with E-state index >= 15 is 0 Å². The summed E-state index contributed by atoms with van der Waals surface area (Å²) < 4.78 is 16.9. The highest BCUT2D eigenvalue weighted by molar-refractivity contribution is 5.80. The van der Waals surface area contributed by atoms with Crippen molar-refractivity contribution < 1.29 is 4.39 Å². The van der Waals surface area contributed by atoms with Crippen LogP contribution in [-0.4, -0.2) is 34.1 Å². The molecule has 0 spiro atoms. The van der Waals surface area contributed by atoms with Gasteiger partial charge in [-0.2, -0.15) is 0 Å². The van der Waals surface area contributed by atoms with Gasteiger partial charge >= 0.3 is 0 Å². The Kier molecular flexibility index (Phi) is 5.49. The van der Waals surface area contributed by atoms with Crippen LogP contribution in [0.25, 0.3) is 22.4 Å². The molecule has 132 valence electrons. The summed E-state index contributed by atoms with van der Waals surface area (Å²) in [6.45, 7) is 10.1. The number of hydrogen-bond acceptors (Lipinski definition) is 2. The van der Waals surface area contributed by atoms with Crippen molar-refractivity contribution in [3.8, 4) is 11.4 Å². The van der Waals surface area contributed by atoms with Gasteiger partial charge in [0.1, 0.15) is 11.6 Å². The molecular weight excluding hydrogens is 313 g/mol. The van der Waals surface area contributed by atoms with Gasteiger partial charge in [-0.1, -0.05) is 38.1 Å². The van der Waals surface area contributed by atoms with E-state index in [-0.39, 0.29) is 5.82 Å². The van der Waals surface area contributed by atoms with Crippen molar-refractivity contribution in [2.24, 2.45) is 0 Å². The molecule has 0 N–H and O–H groups in total. The molecule has 1 heterocycles. The number of para-hydroxylation sites is 2. The maximum atomic E-state index is 14.7. The summed E-state index contributed by atoms with van der Waals surface area (Å²) in [6.07, 6.45) is 1.02. The number of aromatic nitrogens is 2. The van der Waals surface area contributed by atoms with Gasteiger partial charge in [-0.3, -0.25) is 0 Å². The van der Waals surface area contributed by atoms with Gasteiger partial charge in [0.25, 0.3) is 0 Å². The van der Waals surface area contributed by atoms with Crippen LogP contribution in [0.15, 0.2) is 42.5 Å². The molecule has 0 aliphatic carbocycles. The van der Waals surface area contributed by atoms with Gasteiger partial charge in [0.15, 0.2) is 0 Å². The molecule has 25 heavy (non-hydrogen) atoms. The minimum atomic E-state index is -0.178. The van der Waals surface area contributed by atoms with Gasteiger partial charge in [0, 0.05) is 6.54 Å². The Hall–Kier alpha value is -2.20. The first-order valence-electron chi connectivity index (χ1n) is 9.08. The molecule has 2 aromatic carbocycles. The molecule has 3 aromatic rings. The first-order chi connectivity index (χ1) is 12.2. The molecule has 0 bridgehead atoms. The average molecular weight is 339 g/mol. The Balaban J connectivity index is 1.99. The molecule has 0 aliphatic heterocycles. The number of halogens is 1. The van der Waals surface area contributed by atoms with E-state index in [0.29, 0.717) is 11.1 Å². The molecule has 1 aromatic heterocycles. The summed E-state index contributed by atoms with van der Waals surface area (Å²) in [6, 6.07) is 13.6. The van der Waals surface area contributed by atoms with E-state index in [1.807, 2.05) is 30.3 Å². The Morgan fingerprint density at radius 1 is 1.04 bits per heavy atom. The van der Waals surface area contributed by atoms with Crippen LogP contribution in [-0.2, 0) is 6.54 Å². The Morgan fingerprint density at radius 3 is 2.56 bits per heavy atom. The van der Waals surface area contributed by atoms with Crippen LogP contribution in [0.4, 0.5) is 4.39 Å². The summed E-state index contributed by atoms with van der Waals surface area (Å²) in [4.78, 5) is 7.14. The van der Waals surface area contributed by atoms with E-state index in [9.17, 15) is 4.39 Å². The molecule has 0 amide bonds. The molecule has 0 radical (unpaired) electrons. The number of benzene rings is 2. The fourth-order valence-corrected chi connectivity index (χ4v) is 3.32. The summed E-state index contributed by atoms with van der Waals surface area (Å²) in [7, 11) is 0. The second kappa shape index (κ2) is 7.79. The molecule has 0 saturated heterocycles. The molecule has 0 aliphatic rings. The highest BCUT2D eigenvalue weighted by atomic mass is 19.1. The zero-order valence-electron chi connectivity index (χ0n) is 15.3. The summed E-state index contributed by atoms with van der Waals surface area (Å²) in [5, 5.41) is 0. The third-order valence-corrected chi connectivity index (χ3v) is 4.84. The maximum absolute atomic E-state index is 14.7. The first kappa shape index (κ1) is 17.6. The zero-order valence-corrected chi connectivity index (χ0v) is 15.3. The van der Waals surface area contributed by atoms with E-state index < -0.39 is 0 Å². The lowest BCUT2D eigenvalue weighted by Gasteiger charge is -2.18. The third-order valence-electron chi connectivity index (χ3n) is 4.84. The van der Waals surface area contributed by atoms with Gasteiger partial charge in [0.2, 0.25) is 0 Å². The second-order valence-electron chi connectivity index (χ2n) is 6.39. The number of aryl methyl sites for hydroxylation is 2. The highest BCUT2D eigenvalue weighted by Crippen LogP contribution is 2.28. The van der Waals surface area contributed by atoms with Gasteiger partial charge in [-0.15, -0.1) is 0 Å². The normalized spacial score (nSPS) is 11.6. The lowest BCUT2D eigenvalue weighted by molar-refractivity contribution is 0.294. The Labute approximate surface area is 149 Å². The minimum Gasteiger partial charge on any atom is -0.324 e. The zero-order chi connectivity index (χ0) is 17.8. The van der Waals surface area contributed by atoms with E-state index in [2.05, 4.69) is 29.4 Å². The predicted octanol–water partition coefficient (Wildman–Crippen LogP) is 4.88. The third kappa shape index (κ3) is 3.59. The van der Waals surface area contributed by atoms with Crippen molar-refractivity contribution in [2.75, 3.05) is 19.6 Å². The van der Waals surface area contributed by atoms with Crippen LogP contribution in [0.1, 0.15) is 25.8 Å². The molecule has 3 rings (SSSR count). The smallest absolute Gasteiger partial charge is 0.144 e. The van der Waals surface area contributed by atoms with E-state index in [1.165, 1.54) is 0 Å². The number of fused-ring (bicyclic) bond motifs is 1. The fraction of sp³-hybridized carbons (Fsp3) is 0.381. The lowest BCUT2D eigenvalue weighted by atomic mass is 10.1. The molecule has 4 heteroatoms.